The third-order valence-electron chi connectivity index (χ3n) is 4.69. The van der Waals surface area contributed by atoms with Crippen molar-refractivity contribution in [2.24, 2.45) is 0 Å². The van der Waals surface area contributed by atoms with Gasteiger partial charge in [-0.15, -0.1) is 0 Å². The van der Waals surface area contributed by atoms with Crippen LogP contribution in [-0.4, -0.2) is 43.1 Å². The fourth-order valence-electron chi connectivity index (χ4n) is 2.86. The summed E-state index contributed by atoms with van der Waals surface area (Å²) in [6.07, 6.45) is 0. The summed E-state index contributed by atoms with van der Waals surface area (Å²) >= 11 is 6.43. The number of hydrogen-bond acceptors (Lipinski definition) is 6. The zero-order chi connectivity index (χ0) is 21.2. The molecule has 2 aromatic carbocycles. The van der Waals surface area contributed by atoms with Gasteiger partial charge in [-0.05, 0) is 42.4 Å². The maximum absolute atomic E-state index is 10.7. The normalized spacial score (nSPS) is 10.9. The summed E-state index contributed by atoms with van der Waals surface area (Å²) in [7, 11) is 1.58. The third-order valence-corrected chi connectivity index (χ3v) is 5.04. The second kappa shape index (κ2) is 11.6. The van der Waals surface area contributed by atoms with Crippen LogP contribution in [0.3, 0.4) is 0 Å². The monoisotopic (exact) mass is 421 g/mol. The lowest BCUT2D eigenvalue weighted by molar-refractivity contribution is -0.384. The van der Waals surface area contributed by atoms with E-state index in [0.29, 0.717) is 23.1 Å². The van der Waals surface area contributed by atoms with Crippen LogP contribution in [0.1, 0.15) is 25.0 Å². The molecule has 1 N–H and O–H groups in total. The standard InChI is InChI=1S/C21H28ClN3O4/c1-4-24(5-2)11-10-23-14-17-12-20(28-3)21(13-19(17)22)29-15-16-6-8-18(9-7-16)25(26)27/h6-9,12-13,23H,4-5,10-11,14-15H2,1-3H3. The number of non-ortho nitro benzene ring substituents is 1. The fourth-order valence-corrected chi connectivity index (χ4v) is 3.08. The predicted molar refractivity (Wildman–Crippen MR) is 115 cm³/mol. The molecule has 0 unspecified atom stereocenters. The average molecular weight is 422 g/mol. The number of rotatable bonds is 12. The van der Waals surface area contributed by atoms with Gasteiger partial charge in [-0.2, -0.15) is 0 Å². The third kappa shape index (κ3) is 6.88. The van der Waals surface area contributed by atoms with E-state index >= 15 is 0 Å². The summed E-state index contributed by atoms with van der Waals surface area (Å²) in [6, 6.07) is 9.86. The highest BCUT2D eigenvalue weighted by Gasteiger charge is 2.12. The maximum Gasteiger partial charge on any atom is 0.269 e. The van der Waals surface area contributed by atoms with Gasteiger partial charge in [0.05, 0.1) is 12.0 Å². The fraction of sp³-hybridized carbons (Fsp3) is 0.429. The van der Waals surface area contributed by atoms with Gasteiger partial charge in [-0.3, -0.25) is 10.1 Å². The van der Waals surface area contributed by atoms with Crippen LogP contribution in [0.15, 0.2) is 36.4 Å². The van der Waals surface area contributed by atoms with Crippen molar-refractivity contribution in [1.82, 2.24) is 10.2 Å². The number of nitrogens with zero attached hydrogens (tertiary/aromatic N) is 2. The number of methoxy groups -OCH3 is 1. The minimum atomic E-state index is -0.428. The van der Waals surface area contributed by atoms with E-state index in [2.05, 4.69) is 24.1 Å². The van der Waals surface area contributed by atoms with Crippen molar-refractivity contribution in [1.29, 1.82) is 0 Å². The first-order valence-corrected chi connectivity index (χ1v) is 10.0. The Hall–Kier alpha value is -2.35. The SMILES string of the molecule is CCN(CC)CCNCc1cc(OC)c(OCc2ccc([N+](=O)[O-])cc2)cc1Cl. The van der Waals surface area contributed by atoms with Crippen molar-refractivity contribution < 1.29 is 14.4 Å². The van der Waals surface area contributed by atoms with Crippen molar-refractivity contribution in [3.8, 4) is 11.5 Å². The largest absolute Gasteiger partial charge is 0.493 e. The van der Waals surface area contributed by atoms with E-state index < -0.39 is 4.92 Å². The molecule has 0 atom stereocenters. The lowest BCUT2D eigenvalue weighted by Gasteiger charge is -2.18. The van der Waals surface area contributed by atoms with Gasteiger partial charge in [-0.25, -0.2) is 0 Å². The average Bonchev–Trinajstić information content (AvgIpc) is 2.73. The number of halogens is 1. The minimum absolute atomic E-state index is 0.0484. The summed E-state index contributed by atoms with van der Waals surface area (Å²) in [4.78, 5) is 12.7. The Balaban J connectivity index is 1.97. The van der Waals surface area contributed by atoms with E-state index in [9.17, 15) is 10.1 Å². The summed E-state index contributed by atoms with van der Waals surface area (Å²) < 4.78 is 11.3. The Kier molecular flexibility index (Phi) is 9.18. The molecule has 8 heteroatoms. The van der Waals surface area contributed by atoms with Gasteiger partial charge in [0.25, 0.3) is 5.69 Å². The summed E-state index contributed by atoms with van der Waals surface area (Å²) in [6.45, 7) is 9.13. The molecule has 0 spiro atoms. The molecule has 0 heterocycles. The zero-order valence-electron chi connectivity index (χ0n) is 17.1. The highest BCUT2D eigenvalue weighted by atomic mass is 35.5. The predicted octanol–water partition coefficient (Wildman–Crippen LogP) is 4.27. The number of ether oxygens (including phenoxy) is 2. The number of likely N-dealkylation sites (N-methyl/N-ethyl adjacent to an activating group) is 1. The second-order valence-corrected chi connectivity index (χ2v) is 6.92. The van der Waals surface area contributed by atoms with Crippen LogP contribution in [0, 0.1) is 10.1 Å². The molecule has 0 saturated carbocycles. The first kappa shape index (κ1) is 22.9. The van der Waals surface area contributed by atoms with Crippen LogP contribution >= 0.6 is 11.6 Å². The molecule has 0 radical (unpaired) electrons. The van der Waals surface area contributed by atoms with E-state index in [4.69, 9.17) is 21.1 Å². The molecule has 0 aliphatic heterocycles. The molecule has 0 fully saturated rings. The van der Waals surface area contributed by atoms with E-state index in [0.717, 1.165) is 37.3 Å². The quantitative estimate of drug-likeness (QED) is 0.313. The molecular formula is C21H28ClN3O4. The molecular weight excluding hydrogens is 394 g/mol. The first-order chi connectivity index (χ1) is 14.0. The van der Waals surface area contributed by atoms with Gasteiger partial charge in [0, 0.05) is 42.9 Å². The lowest BCUT2D eigenvalue weighted by Crippen LogP contribution is -2.31. The van der Waals surface area contributed by atoms with Crippen LogP contribution < -0.4 is 14.8 Å². The van der Waals surface area contributed by atoms with E-state index in [-0.39, 0.29) is 12.3 Å². The Labute approximate surface area is 176 Å². The zero-order valence-corrected chi connectivity index (χ0v) is 17.9. The van der Waals surface area contributed by atoms with Crippen LogP contribution in [0.2, 0.25) is 5.02 Å². The molecule has 7 nitrogen and oxygen atoms in total. The maximum atomic E-state index is 10.7. The van der Waals surface area contributed by atoms with Gasteiger partial charge in [0.1, 0.15) is 6.61 Å². The summed E-state index contributed by atoms with van der Waals surface area (Å²) in [5.41, 5.74) is 1.80. The van der Waals surface area contributed by atoms with Gasteiger partial charge in [0.2, 0.25) is 0 Å². The Morgan fingerprint density at radius 2 is 1.83 bits per heavy atom. The Morgan fingerprint density at radius 3 is 2.41 bits per heavy atom. The number of nitro benzene ring substituents is 1. The van der Waals surface area contributed by atoms with Crippen LogP contribution in [0.4, 0.5) is 5.69 Å². The van der Waals surface area contributed by atoms with Crippen molar-refractivity contribution in [2.45, 2.75) is 27.0 Å². The molecule has 29 heavy (non-hydrogen) atoms. The molecule has 2 rings (SSSR count). The van der Waals surface area contributed by atoms with Crippen molar-refractivity contribution in [3.63, 3.8) is 0 Å². The van der Waals surface area contributed by atoms with E-state index in [1.807, 2.05) is 6.07 Å². The summed E-state index contributed by atoms with van der Waals surface area (Å²) in [5, 5.41) is 14.7. The minimum Gasteiger partial charge on any atom is -0.493 e. The number of benzene rings is 2. The molecule has 0 amide bonds. The van der Waals surface area contributed by atoms with Gasteiger partial charge in [0.15, 0.2) is 11.5 Å². The van der Waals surface area contributed by atoms with Crippen molar-refractivity contribution in [3.05, 3.63) is 62.7 Å². The van der Waals surface area contributed by atoms with Crippen LogP contribution in [-0.2, 0) is 13.2 Å². The number of hydrogen-bond donors (Lipinski definition) is 1. The van der Waals surface area contributed by atoms with Crippen LogP contribution in [0.25, 0.3) is 0 Å². The van der Waals surface area contributed by atoms with E-state index in [1.54, 1.807) is 25.3 Å². The van der Waals surface area contributed by atoms with Gasteiger partial charge >= 0.3 is 0 Å². The molecule has 0 aliphatic rings. The smallest absolute Gasteiger partial charge is 0.269 e. The number of nitro groups is 1. The highest BCUT2D eigenvalue weighted by molar-refractivity contribution is 6.31. The Bertz CT molecular complexity index is 795. The van der Waals surface area contributed by atoms with Crippen molar-refractivity contribution >= 4 is 17.3 Å². The molecule has 0 bridgehead atoms. The van der Waals surface area contributed by atoms with E-state index in [1.165, 1.54) is 12.1 Å². The molecule has 0 aromatic heterocycles. The van der Waals surface area contributed by atoms with Gasteiger partial charge in [-0.1, -0.05) is 25.4 Å². The molecule has 158 valence electrons. The van der Waals surface area contributed by atoms with Gasteiger partial charge < -0.3 is 19.7 Å². The van der Waals surface area contributed by atoms with Crippen LogP contribution in [0.5, 0.6) is 11.5 Å². The molecule has 0 aliphatic carbocycles. The second-order valence-electron chi connectivity index (χ2n) is 6.51. The number of nitrogens with one attached hydrogen (secondary N) is 1. The molecule has 0 saturated heterocycles. The van der Waals surface area contributed by atoms with Crippen molar-refractivity contribution in [2.75, 3.05) is 33.3 Å². The first-order valence-electron chi connectivity index (χ1n) is 9.64. The highest BCUT2D eigenvalue weighted by Crippen LogP contribution is 2.34. The lowest BCUT2D eigenvalue weighted by atomic mass is 10.2. The topological polar surface area (TPSA) is 76.9 Å². The summed E-state index contributed by atoms with van der Waals surface area (Å²) in [5.74, 6) is 1.12. The molecule has 2 aromatic rings. The Morgan fingerprint density at radius 1 is 1.14 bits per heavy atom.